The summed E-state index contributed by atoms with van der Waals surface area (Å²) < 4.78 is 5.87. The van der Waals surface area contributed by atoms with Crippen LogP contribution in [0.25, 0.3) is 53.9 Å². The fourth-order valence-electron chi connectivity index (χ4n) is 4.70. The van der Waals surface area contributed by atoms with Gasteiger partial charge in [0, 0.05) is 14.1 Å². The van der Waals surface area contributed by atoms with Gasteiger partial charge in [0.15, 0.2) is 0 Å². The molecule has 0 aromatic heterocycles. The van der Waals surface area contributed by atoms with Crippen LogP contribution in [0.3, 0.4) is 0 Å². The Morgan fingerprint density at radius 3 is 1.78 bits per heavy atom. The second-order valence-corrected chi connectivity index (χ2v) is 8.77. The van der Waals surface area contributed by atoms with E-state index >= 15 is 0 Å². The Labute approximate surface area is 191 Å². The monoisotopic (exact) mass is 431 g/mol. The third-order valence-electron chi connectivity index (χ3n) is 6.23. The van der Waals surface area contributed by atoms with E-state index in [-0.39, 0.29) is 0 Å². The first-order chi connectivity index (χ1) is 15.6. The van der Waals surface area contributed by atoms with E-state index in [1.165, 1.54) is 48.5 Å². The number of ether oxygens (including phenoxy) is 1. The summed E-state index contributed by atoms with van der Waals surface area (Å²) in [4.78, 5) is 1.80. The lowest BCUT2D eigenvalue weighted by Crippen LogP contribution is -2.24. The molecule has 154 valence electrons. The molecule has 0 unspecified atom stereocenters. The van der Waals surface area contributed by atoms with Crippen molar-refractivity contribution in [2.75, 3.05) is 14.1 Å². The van der Waals surface area contributed by atoms with Crippen molar-refractivity contribution in [2.24, 2.45) is 0 Å². The van der Waals surface area contributed by atoms with Crippen molar-refractivity contribution in [2.45, 2.75) is 0 Å². The van der Waals surface area contributed by atoms with Crippen LogP contribution in [-0.4, -0.2) is 24.2 Å². The second-order valence-electron chi connectivity index (χ2n) is 8.42. The lowest BCUT2D eigenvalue weighted by Gasteiger charge is -2.15. The molecule has 32 heavy (non-hydrogen) atoms. The van der Waals surface area contributed by atoms with Crippen LogP contribution < -0.4 is 4.74 Å². The molecule has 0 fully saturated rings. The van der Waals surface area contributed by atoms with E-state index in [0.29, 0.717) is 5.17 Å². The maximum Gasteiger partial charge on any atom is 0.264 e. The molecule has 0 saturated carbocycles. The van der Waals surface area contributed by atoms with E-state index in [0.717, 1.165) is 11.1 Å². The Kier molecular flexibility index (Phi) is 4.27. The van der Waals surface area contributed by atoms with Gasteiger partial charge in [0.25, 0.3) is 5.17 Å². The molecule has 0 heterocycles. The van der Waals surface area contributed by atoms with E-state index in [1.807, 2.05) is 20.2 Å². The molecular weight excluding hydrogens is 410 g/mol. The van der Waals surface area contributed by atoms with Crippen LogP contribution in [0.1, 0.15) is 0 Å². The molecule has 2 nitrogen and oxygen atoms in total. The first kappa shape index (κ1) is 19.0. The highest BCUT2D eigenvalue weighted by Gasteiger charge is 2.12. The zero-order chi connectivity index (χ0) is 21.8. The summed E-state index contributed by atoms with van der Waals surface area (Å²) in [6, 6.07) is 32.6. The van der Waals surface area contributed by atoms with E-state index in [2.05, 4.69) is 84.9 Å². The van der Waals surface area contributed by atoms with Crippen molar-refractivity contribution in [3.8, 4) is 5.75 Å². The van der Waals surface area contributed by atoms with Gasteiger partial charge in [-0.05, 0) is 78.2 Å². The Morgan fingerprint density at radius 2 is 1.12 bits per heavy atom. The Hall–Kier alpha value is -3.69. The van der Waals surface area contributed by atoms with Crippen molar-refractivity contribution >= 4 is 71.3 Å². The highest BCUT2D eigenvalue weighted by Crippen LogP contribution is 2.39. The molecule has 0 aliphatic heterocycles. The van der Waals surface area contributed by atoms with Gasteiger partial charge in [-0.25, -0.2) is 0 Å². The van der Waals surface area contributed by atoms with Gasteiger partial charge in [0.05, 0.1) is 0 Å². The fourth-order valence-corrected chi connectivity index (χ4v) is 4.80. The van der Waals surface area contributed by atoms with Crippen LogP contribution >= 0.6 is 12.2 Å². The molecular formula is C29H21NOS. The van der Waals surface area contributed by atoms with Gasteiger partial charge in [-0.15, -0.1) is 0 Å². The standard InChI is InChI=1S/C29H21NOS/c1-30(2)29(32)31-23-15-16-25-22(17-23)14-13-20-10-12-21-11-9-19-8-7-18-5-3-4-6-24(18)26(19)28(21)27(20)25/h3-17H,1-2H3. The predicted octanol–water partition coefficient (Wildman–Crippen LogP) is 7.68. The summed E-state index contributed by atoms with van der Waals surface area (Å²) in [6.45, 7) is 0. The SMILES string of the molecule is CN(C)C(=S)Oc1ccc2c(ccc3ccc4ccc5ccc6ccccc6c5c4c32)c1. The molecule has 3 heteroatoms. The highest BCUT2D eigenvalue weighted by molar-refractivity contribution is 7.80. The van der Waals surface area contributed by atoms with Crippen LogP contribution in [0, 0.1) is 0 Å². The maximum absolute atomic E-state index is 5.87. The molecule has 6 aromatic carbocycles. The van der Waals surface area contributed by atoms with Gasteiger partial charge in [-0.1, -0.05) is 78.9 Å². The Balaban J connectivity index is 1.74. The molecule has 0 spiro atoms. The zero-order valence-electron chi connectivity index (χ0n) is 17.9. The minimum atomic E-state index is 0.452. The summed E-state index contributed by atoms with van der Waals surface area (Å²) >= 11 is 5.32. The van der Waals surface area contributed by atoms with Gasteiger partial charge < -0.3 is 9.64 Å². The average Bonchev–Trinajstić information content (AvgIpc) is 2.82. The molecule has 6 rings (SSSR count). The molecule has 0 saturated heterocycles. The number of rotatable bonds is 1. The minimum absolute atomic E-state index is 0.452. The van der Waals surface area contributed by atoms with E-state index in [1.54, 1.807) is 4.90 Å². The third-order valence-corrected chi connectivity index (χ3v) is 6.68. The first-order valence-corrected chi connectivity index (χ1v) is 11.1. The number of fused-ring (bicyclic) bond motifs is 9. The summed E-state index contributed by atoms with van der Waals surface area (Å²) in [5.41, 5.74) is 0. The number of thiocarbonyl (C=S) groups is 1. The lowest BCUT2D eigenvalue weighted by atomic mass is 9.91. The summed E-state index contributed by atoms with van der Waals surface area (Å²) in [5, 5.41) is 13.0. The second kappa shape index (κ2) is 7.18. The van der Waals surface area contributed by atoms with Crippen molar-refractivity contribution < 1.29 is 4.74 Å². The molecule has 0 radical (unpaired) electrons. The van der Waals surface area contributed by atoms with E-state index in [4.69, 9.17) is 17.0 Å². The van der Waals surface area contributed by atoms with Gasteiger partial charge in [-0.3, -0.25) is 0 Å². The Morgan fingerprint density at radius 1 is 0.594 bits per heavy atom. The lowest BCUT2D eigenvalue weighted by molar-refractivity contribution is 0.450. The van der Waals surface area contributed by atoms with E-state index in [9.17, 15) is 0 Å². The van der Waals surface area contributed by atoms with Crippen LogP contribution in [0.2, 0.25) is 0 Å². The van der Waals surface area contributed by atoms with Gasteiger partial charge in [0.2, 0.25) is 0 Å². The smallest absolute Gasteiger partial charge is 0.264 e. The van der Waals surface area contributed by atoms with Gasteiger partial charge in [-0.2, -0.15) is 0 Å². The molecule has 0 amide bonds. The predicted molar refractivity (Wildman–Crippen MR) is 141 cm³/mol. The minimum Gasteiger partial charge on any atom is -0.432 e. The number of benzene rings is 6. The summed E-state index contributed by atoms with van der Waals surface area (Å²) in [7, 11) is 3.77. The number of hydrogen-bond donors (Lipinski definition) is 0. The normalized spacial score (nSPS) is 11.6. The Bertz CT molecular complexity index is 1690. The van der Waals surface area contributed by atoms with Crippen LogP contribution in [-0.2, 0) is 0 Å². The first-order valence-electron chi connectivity index (χ1n) is 10.7. The third kappa shape index (κ3) is 2.89. The summed E-state index contributed by atoms with van der Waals surface area (Å²) in [5.74, 6) is 0.756. The number of nitrogens with zero attached hydrogens (tertiary/aromatic N) is 1. The molecule has 0 atom stereocenters. The topological polar surface area (TPSA) is 12.5 Å². The zero-order valence-corrected chi connectivity index (χ0v) is 18.7. The molecule has 0 aliphatic carbocycles. The largest absolute Gasteiger partial charge is 0.432 e. The van der Waals surface area contributed by atoms with Gasteiger partial charge in [0.1, 0.15) is 5.75 Å². The molecule has 0 N–H and O–H groups in total. The molecule has 0 bridgehead atoms. The van der Waals surface area contributed by atoms with E-state index < -0.39 is 0 Å². The number of hydrogen-bond acceptors (Lipinski definition) is 2. The average molecular weight is 432 g/mol. The molecule has 6 aromatic rings. The van der Waals surface area contributed by atoms with Crippen LogP contribution in [0.4, 0.5) is 0 Å². The molecule has 0 aliphatic rings. The highest BCUT2D eigenvalue weighted by atomic mass is 32.1. The maximum atomic E-state index is 5.87. The fraction of sp³-hybridized carbons (Fsp3) is 0.0690. The quantitative estimate of drug-likeness (QED) is 0.196. The van der Waals surface area contributed by atoms with Crippen LogP contribution in [0.5, 0.6) is 5.75 Å². The van der Waals surface area contributed by atoms with Gasteiger partial charge >= 0.3 is 0 Å². The van der Waals surface area contributed by atoms with Crippen LogP contribution in [0.15, 0.2) is 91.0 Å². The summed E-state index contributed by atoms with van der Waals surface area (Å²) in [6.07, 6.45) is 0. The van der Waals surface area contributed by atoms with Crippen molar-refractivity contribution in [3.63, 3.8) is 0 Å². The van der Waals surface area contributed by atoms with Crippen molar-refractivity contribution in [1.82, 2.24) is 4.90 Å². The van der Waals surface area contributed by atoms with Crippen molar-refractivity contribution in [1.29, 1.82) is 0 Å². The van der Waals surface area contributed by atoms with Crippen molar-refractivity contribution in [3.05, 3.63) is 91.0 Å².